The van der Waals surface area contributed by atoms with E-state index in [2.05, 4.69) is 20.3 Å². The van der Waals surface area contributed by atoms with E-state index in [1.165, 1.54) is 11.3 Å². The van der Waals surface area contributed by atoms with Crippen LogP contribution in [0.4, 0.5) is 5.13 Å². The predicted molar refractivity (Wildman–Crippen MR) is 118 cm³/mol. The lowest BCUT2D eigenvalue weighted by Gasteiger charge is -2.11. The molecule has 7 heteroatoms. The van der Waals surface area contributed by atoms with Gasteiger partial charge in [0.1, 0.15) is 5.75 Å². The van der Waals surface area contributed by atoms with Gasteiger partial charge in [-0.2, -0.15) is 0 Å². The highest BCUT2D eigenvalue weighted by Gasteiger charge is 2.14. The number of carbonyl (C=O) groups excluding carboxylic acids is 1. The molecule has 0 aliphatic rings. The molecule has 30 heavy (non-hydrogen) atoms. The second kappa shape index (κ2) is 8.42. The quantitative estimate of drug-likeness (QED) is 0.460. The molecule has 2 aromatic heterocycles. The molecule has 2 heterocycles. The van der Waals surface area contributed by atoms with Gasteiger partial charge in [-0.25, -0.2) is 15.0 Å². The summed E-state index contributed by atoms with van der Waals surface area (Å²) >= 11 is 1.40. The molecule has 2 aromatic carbocycles. The van der Waals surface area contributed by atoms with Crippen LogP contribution in [0.25, 0.3) is 11.3 Å². The summed E-state index contributed by atoms with van der Waals surface area (Å²) < 4.78 is 5.80. The summed E-state index contributed by atoms with van der Waals surface area (Å²) in [7, 11) is 0. The van der Waals surface area contributed by atoms with Gasteiger partial charge < -0.3 is 4.74 Å². The number of rotatable bonds is 5. The molecule has 0 spiro atoms. The minimum absolute atomic E-state index is 0.174. The molecule has 0 saturated carbocycles. The van der Waals surface area contributed by atoms with Gasteiger partial charge in [0.15, 0.2) is 5.13 Å². The molecule has 0 unspecified atom stereocenters. The first-order valence-corrected chi connectivity index (χ1v) is 10.3. The van der Waals surface area contributed by atoms with Gasteiger partial charge in [0, 0.05) is 28.9 Å². The van der Waals surface area contributed by atoms with E-state index in [0.717, 1.165) is 27.9 Å². The molecule has 0 radical (unpaired) electrons. The third-order valence-corrected chi connectivity index (χ3v) is 5.25. The largest absolute Gasteiger partial charge is 0.424 e. The molecule has 0 aliphatic heterocycles. The van der Waals surface area contributed by atoms with Crippen LogP contribution in [0.3, 0.4) is 0 Å². The zero-order valence-corrected chi connectivity index (χ0v) is 17.7. The molecule has 0 bridgehead atoms. The molecule has 1 N–H and O–H groups in total. The lowest BCUT2D eigenvalue weighted by Crippen LogP contribution is -2.11. The molecule has 150 valence electrons. The number of nitrogens with one attached hydrogen (secondary N) is 1. The highest BCUT2D eigenvalue weighted by Crippen LogP contribution is 2.34. The standard InChI is InChI=1S/C23H20N4O2S/c1-14-11-24-22(25-12-14)29-18-9-15(2)20(16(3)10-18)19-13-30-23(26-19)27-21(28)17-7-5-4-6-8-17/h4-13H,1-3H3,(H,26,27,28). The number of hydrogen-bond acceptors (Lipinski definition) is 6. The monoisotopic (exact) mass is 416 g/mol. The number of benzene rings is 2. The van der Waals surface area contributed by atoms with E-state index >= 15 is 0 Å². The molecule has 6 nitrogen and oxygen atoms in total. The van der Waals surface area contributed by atoms with E-state index in [9.17, 15) is 4.79 Å². The fraction of sp³-hybridized carbons (Fsp3) is 0.130. The second-order valence-corrected chi connectivity index (χ2v) is 7.79. The SMILES string of the molecule is Cc1cnc(Oc2cc(C)c(-c3csc(NC(=O)c4ccccc4)n3)c(C)c2)nc1. The van der Waals surface area contributed by atoms with Crippen molar-refractivity contribution in [1.82, 2.24) is 15.0 Å². The molecule has 0 aliphatic carbocycles. The Labute approximate surface area is 178 Å². The van der Waals surface area contributed by atoms with E-state index in [-0.39, 0.29) is 5.91 Å². The van der Waals surface area contributed by atoms with Crippen molar-refractivity contribution >= 4 is 22.4 Å². The van der Waals surface area contributed by atoms with Crippen molar-refractivity contribution in [3.8, 4) is 23.0 Å². The first-order chi connectivity index (χ1) is 14.5. The fourth-order valence-electron chi connectivity index (χ4n) is 3.13. The van der Waals surface area contributed by atoms with Crippen molar-refractivity contribution < 1.29 is 9.53 Å². The Balaban J connectivity index is 1.54. The van der Waals surface area contributed by atoms with Crippen LogP contribution in [0, 0.1) is 20.8 Å². The molecular weight excluding hydrogens is 396 g/mol. The Bertz CT molecular complexity index is 1160. The van der Waals surface area contributed by atoms with Crippen LogP contribution < -0.4 is 10.1 Å². The number of anilines is 1. The van der Waals surface area contributed by atoms with Crippen LogP contribution in [0.2, 0.25) is 0 Å². The molecule has 0 fully saturated rings. The van der Waals surface area contributed by atoms with E-state index in [1.807, 2.05) is 56.5 Å². The summed E-state index contributed by atoms with van der Waals surface area (Å²) in [5.41, 5.74) is 5.44. The first-order valence-electron chi connectivity index (χ1n) is 9.39. The topological polar surface area (TPSA) is 77.0 Å². The average molecular weight is 417 g/mol. The minimum atomic E-state index is -0.174. The molecule has 1 amide bonds. The van der Waals surface area contributed by atoms with Crippen LogP contribution in [0.1, 0.15) is 27.0 Å². The van der Waals surface area contributed by atoms with E-state index in [0.29, 0.717) is 22.5 Å². The van der Waals surface area contributed by atoms with Crippen molar-refractivity contribution in [2.24, 2.45) is 0 Å². The van der Waals surface area contributed by atoms with Crippen LogP contribution >= 0.6 is 11.3 Å². The summed E-state index contributed by atoms with van der Waals surface area (Å²) in [6.07, 6.45) is 3.44. The van der Waals surface area contributed by atoms with Gasteiger partial charge in [-0.05, 0) is 61.7 Å². The molecule has 0 atom stereocenters. The number of amides is 1. The number of hydrogen-bond donors (Lipinski definition) is 1. The summed E-state index contributed by atoms with van der Waals surface area (Å²) in [4.78, 5) is 25.3. The van der Waals surface area contributed by atoms with Crippen molar-refractivity contribution in [3.63, 3.8) is 0 Å². The predicted octanol–water partition coefficient (Wildman–Crippen LogP) is 5.57. The van der Waals surface area contributed by atoms with Gasteiger partial charge in [0.05, 0.1) is 5.69 Å². The van der Waals surface area contributed by atoms with E-state index < -0.39 is 0 Å². The number of aromatic nitrogens is 3. The lowest BCUT2D eigenvalue weighted by molar-refractivity contribution is 0.102. The fourth-order valence-corrected chi connectivity index (χ4v) is 3.83. The Morgan fingerprint density at radius 2 is 1.67 bits per heavy atom. The van der Waals surface area contributed by atoms with Crippen molar-refractivity contribution in [2.45, 2.75) is 20.8 Å². The van der Waals surface area contributed by atoms with E-state index in [4.69, 9.17) is 4.74 Å². The summed E-state index contributed by atoms with van der Waals surface area (Å²) in [5.74, 6) is 0.497. The van der Waals surface area contributed by atoms with Gasteiger partial charge in [-0.15, -0.1) is 11.3 Å². The number of ether oxygens (including phenoxy) is 1. The lowest BCUT2D eigenvalue weighted by atomic mass is 10.0. The smallest absolute Gasteiger partial charge is 0.321 e. The Morgan fingerprint density at radius 3 is 2.33 bits per heavy atom. The van der Waals surface area contributed by atoms with Gasteiger partial charge in [0.2, 0.25) is 0 Å². The zero-order chi connectivity index (χ0) is 21.1. The van der Waals surface area contributed by atoms with Crippen molar-refractivity contribution in [2.75, 3.05) is 5.32 Å². The Kier molecular flexibility index (Phi) is 5.54. The summed E-state index contributed by atoms with van der Waals surface area (Å²) in [5, 5.41) is 5.37. The number of thiazole rings is 1. The second-order valence-electron chi connectivity index (χ2n) is 6.94. The van der Waals surface area contributed by atoms with Crippen LogP contribution in [-0.4, -0.2) is 20.9 Å². The van der Waals surface area contributed by atoms with Crippen molar-refractivity contribution in [1.29, 1.82) is 0 Å². The maximum Gasteiger partial charge on any atom is 0.321 e. The first kappa shape index (κ1) is 19.7. The van der Waals surface area contributed by atoms with Crippen LogP contribution in [0.15, 0.2) is 60.2 Å². The average Bonchev–Trinajstić information content (AvgIpc) is 3.18. The highest BCUT2D eigenvalue weighted by atomic mass is 32.1. The zero-order valence-electron chi connectivity index (χ0n) is 16.8. The molecule has 0 saturated heterocycles. The Morgan fingerprint density at radius 1 is 1.00 bits per heavy atom. The Hall–Kier alpha value is -3.58. The molecular formula is C23H20N4O2S. The van der Waals surface area contributed by atoms with Crippen LogP contribution in [-0.2, 0) is 0 Å². The molecule has 4 rings (SSSR count). The highest BCUT2D eigenvalue weighted by molar-refractivity contribution is 7.14. The number of nitrogens with zero attached hydrogens (tertiary/aromatic N) is 3. The third kappa shape index (κ3) is 4.36. The molecule has 4 aromatic rings. The number of aryl methyl sites for hydroxylation is 3. The third-order valence-electron chi connectivity index (χ3n) is 4.49. The number of carbonyl (C=O) groups is 1. The van der Waals surface area contributed by atoms with Gasteiger partial charge in [0.25, 0.3) is 5.91 Å². The van der Waals surface area contributed by atoms with E-state index in [1.54, 1.807) is 24.5 Å². The summed E-state index contributed by atoms with van der Waals surface area (Å²) in [6.45, 7) is 5.94. The normalized spacial score (nSPS) is 10.6. The van der Waals surface area contributed by atoms with Gasteiger partial charge in [-0.3, -0.25) is 10.1 Å². The maximum atomic E-state index is 12.4. The summed E-state index contributed by atoms with van der Waals surface area (Å²) in [6, 6.07) is 13.3. The van der Waals surface area contributed by atoms with Gasteiger partial charge >= 0.3 is 6.01 Å². The maximum absolute atomic E-state index is 12.4. The minimum Gasteiger partial charge on any atom is -0.424 e. The van der Waals surface area contributed by atoms with Gasteiger partial charge in [-0.1, -0.05) is 18.2 Å². The van der Waals surface area contributed by atoms with Crippen LogP contribution in [0.5, 0.6) is 11.8 Å². The van der Waals surface area contributed by atoms with Crippen molar-refractivity contribution in [3.05, 3.63) is 82.5 Å².